The fourth-order valence-corrected chi connectivity index (χ4v) is 1.56. The molecule has 0 aromatic heterocycles. The molecule has 1 rings (SSSR count). The lowest BCUT2D eigenvalue weighted by Gasteiger charge is -2.14. The summed E-state index contributed by atoms with van der Waals surface area (Å²) in [6, 6.07) is 3.75. The molecule has 0 aliphatic rings. The van der Waals surface area contributed by atoms with Crippen molar-refractivity contribution in [1.29, 1.82) is 0 Å². The van der Waals surface area contributed by atoms with Gasteiger partial charge in [0.25, 0.3) is 0 Å². The van der Waals surface area contributed by atoms with Gasteiger partial charge < -0.3 is 10.1 Å². The molecule has 1 unspecified atom stereocenters. The summed E-state index contributed by atoms with van der Waals surface area (Å²) >= 11 is 5.69. The lowest BCUT2D eigenvalue weighted by Crippen LogP contribution is -2.20. The lowest BCUT2D eigenvalue weighted by atomic mass is 10.1. The summed E-state index contributed by atoms with van der Waals surface area (Å²) in [5, 5.41) is 2.21. The molecular formula is C12H16ClNO2. The zero-order valence-electron chi connectivity index (χ0n) is 9.93. The Kier molecular flexibility index (Phi) is 4.19. The first-order valence-corrected chi connectivity index (χ1v) is 5.50. The largest absolute Gasteiger partial charge is 0.496 e. The number of aryl methyl sites for hydroxylation is 1. The van der Waals surface area contributed by atoms with Crippen LogP contribution >= 0.6 is 11.6 Å². The number of halogens is 1. The van der Waals surface area contributed by atoms with Crippen LogP contribution in [0, 0.1) is 13.8 Å². The zero-order chi connectivity index (χ0) is 12.3. The Morgan fingerprint density at radius 3 is 2.56 bits per heavy atom. The summed E-state index contributed by atoms with van der Waals surface area (Å²) in [6.07, 6.45) is 0. The van der Waals surface area contributed by atoms with Crippen molar-refractivity contribution >= 4 is 23.2 Å². The predicted octanol–water partition coefficient (Wildman–Crippen LogP) is 2.88. The number of hydrogen-bond donors (Lipinski definition) is 1. The van der Waals surface area contributed by atoms with Crippen LogP contribution in [0.4, 0.5) is 5.69 Å². The third kappa shape index (κ3) is 2.67. The van der Waals surface area contributed by atoms with Crippen molar-refractivity contribution < 1.29 is 9.53 Å². The molecule has 0 radical (unpaired) electrons. The number of benzene rings is 1. The van der Waals surface area contributed by atoms with Crippen LogP contribution < -0.4 is 10.1 Å². The molecule has 0 spiro atoms. The number of rotatable bonds is 3. The number of alkyl halides is 1. The van der Waals surface area contributed by atoms with Gasteiger partial charge in [0.2, 0.25) is 5.91 Å². The summed E-state index contributed by atoms with van der Waals surface area (Å²) in [4.78, 5) is 11.5. The smallest absolute Gasteiger partial charge is 0.242 e. The van der Waals surface area contributed by atoms with Gasteiger partial charge in [-0.2, -0.15) is 0 Å². The van der Waals surface area contributed by atoms with E-state index in [9.17, 15) is 4.79 Å². The van der Waals surface area contributed by atoms with Crippen LogP contribution in [0.2, 0.25) is 0 Å². The van der Waals surface area contributed by atoms with Crippen molar-refractivity contribution in [2.24, 2.45) is 0 Å². The second kappa shape index (κ2) is 5.21. The van der Waals surface area contributed by atoms with Gasteiger partial charge in [-0.05, 0) is 32.4 Å². The minimum Gasteiger partial charge on any atom is -0.496 e. The van der Waals surface area contributed by atoms with Gasteiger partial charge >= 0.3 is 0 Å². The van der Waals surface area contributed by atoms with E-state index in [0.29, 0.717) is 0 Å². The quantitative estimate of drug-likeness (QED) is 0.827. The van der Waals surface area contributed by atoms with E-state index in [-0.39, 0.29) is 5.91 Å². The Balaban J connectivity index is 3.03. The standard InChI is InChI=1S/C12H16ClNO2/c1-7-5-6-10(8(2)11(7)16-4)14-12(15)9(3)13/h5-6,9H,1-4H3,(H,14,15). The number of amides is 1. The topological polar surface area (TPSA) is 38.3 Å². The summed E-state index contributed by atoms with van der Waals surface area (Å²) in [7, 11) is 1.62. The fraction of sp³-hybridized carbons (Fsp3) is 0.417. The SMILES string of the molecule is COc1c(C)ccc(NC(=O)C(C)Cl)c1C. The molecule has 0 aliphatic heterocycles. The maximum absolute atomic E-state index is 11.5. The summed E-state index contributed by atoms with van der Waals surface area (Å²) in [6.45, 7) is 5.50. The van der Waals surface area contributed by atoms with Gasteiger partial charge in [-0.25, -0.2) is 0 Å². The molecule has 0 fully saturated rings. The van der Waals surface area contributed by atoms with Gasteiger partial charge in [-0.15, -0.1) is 11.6 Å². The minimum atomic E-state index is -0.549. The highest BCUT2D eigenvalue weighted by Gasteiger charge is 2.13. The lowest BCUT2D eigenvalue weighted by molar-refractivity contribution is -0.115. The van der Waals surface area contributed by atoms with Crippen LogP contribution in [-0.2, 0) is 4.79 Å². The third-order valence-corrected chi connectivity index (χ3v) is 2.62. The van der Waals surface area contributed by atoms with E-state index in [0.717, 1.165) is 22.6 Å². The van der Waals surface area contributed by atoms with Gasteiger partial charge in [0.05, 0.1) is 7.11 Å². The van der Waals surface area contributed by atoms with Crippen molar-refractivity contribution in [1.82, 2.24) is 0 Å². The van der Waals surface area contributed by atoms with E-state index in [1.807, 2.05) is 26.0 Å². The number of nitrogens with one attached hydrogen (secondary N) is 1. The third-order valence-electron chi connectivity index (χ3n) is 2.43. The number of carbonyl (C=O) groups is 1. The number of carbonyl (C=O) groups excluding carboxylic acids is 1. The highest BCUT2D eigenvalue weighted by Crippen LogP contribution is 2.29. The second-order valence-electron chi connectivity index (χ2n) is 3.69. The number of methoxy groups -OCH3 is 1. The molecule has 1 atom stereocenters. The fourth-order valence-electron chi connectivity index (χ4n) is 1.51. The summed E-state index contributed by atoms with van der Waals surface area (Å²) in [5.74, 6) is 0.579. The Bertz CT molecular complexity index is 402. The first kappa shape index (κ1) is 12.8. The van der Waals surface area contributed by atoms with Gasteiger partial charge in [0, 0.05) is 11.3 Å². The molecule has 88 valence electrons. The van der Waals surface area contributed by atoms with E-state index >= 15 is 0 Å². The molecule has 1 amide bonds. The molecule has 0 bridgehead atoms. The van der Waals surface area contributed by atoms with Crippen LogP contribution in [0.3, 0.4) is 0 Å². The Hall–Kier alpha value is -1.22. The second-order valence-corrected chi connectivity index (χ2v) is 4.35. The first-order chi connectivity index (χ1) is 7.47. The van der Waals surface area contributed by atoms with Crippen molar-refractivity contribution in [2.45, 2.75) is 26.1 Å². The van der Waals surface area contributed by atoms with E-state index in [4.69, 9.17) is 16.3 Å². The van der Waals surface area contributed by atoms with E-state index in [1.165, 1.54) is 0 Å². The van der Waals surface area contributed by atoms with Crippen LogP contribution in [0.25, 0.3) is 0 Å². The van der Waals surface area contributed by atoms with Crippen molar-refractivity contribution in [3.05, 3.63) is 23.3 Å². The molecule has 1 N–H and O–H groups in total. The monoisotopic (exact) mass is 241 g/mol. The predicted molar refractivity (Wildman–Crippen MR) is 66.4 cm³/mol. The highest BCUT2D eigenvalue weighted by molar-refractivity contribution is 6.32. The number of anilines is 1. The molecule has 4 heteroatoms. The Morgan fingerprint density at radius 1 is 1.44 bits per heavy atom. The molecule has 0 saturated carbocycles. The number of hydrogen-bond acceptors (Lipinski definition) is 2. The molecule has 1 aromatic rings. The zero-order valence-corrected chi connectivity index (χ0v) is 10.7. The van der Waals surface area contributed by atoms with E-state index in [1.54, 1.807) is 14.0 Å². The van der Waals surface area contributed by atoms with Gasteiger partial charge in [0.15, 0.2) is 0 Å². The summed E-state index contributed by atoms with van der Waals surface area (Å²) < 4.78 is 5.27. The normalized spacial score (nSPS) is 12.1. The molecule has 0 aliphatic carbocycles. The van der Waals surface area contributed by atoms with Crippen molar-refractivity contribution in [2.75, 3.05) is 12.4 Å². The van der Waals surface area contributed by atoms with Gasteiger partial charge in [-0.1, -0.05) is 6.07 Å². The molecule has 0 heterocycles. The highest BCUT2D eigenvalue weighted by atomic mass is 35.5. The van der Waals surface area contributed by atoms with Crippen LogP contribution in [-0.4, -0.2) is 18.4 Å². The maximum atomic E-state index is 11.5. The van der Waals surface area contributed by atoms with Gasteiger partial charge in [-0.3, -0.25) is 4.79 Å². The van der Waals surface area contributed by atoms with Crippen molar-refractivity contribution in [3.8, 4) is 5.75 Å². The molecule has 1 aromatic carbocycles. The average molecular weight is 242 g/mol. The Morgan fingerprint density at radius 2 is 2.06 bits per heavy atom. The van der Waals surface area contributed by atoms with Crippen LogP contribution in [0.5, 0.6) is 5.75 Å². The molecule has 0 saturated heterocycles. The minimum absolute atomic E-state index is 0.212. The van der Waals surface area contributed by atoms with Gasteiger partial charge in [0.1, 0.15) is 11.1 Å². The summed E-state index contributed by atoms with van der Waals surface area (Å²) in [5.41, 5.74) is 2.69. The van der Waals surface area contributed by atoms with Crippen LogP contribution in [0.1, 0.15) is 18.1 Å². The van der Waals surface area contributed by atoms with Crippen molar-refractivity contribution in [3.63, 3.8) is 0 Å². The molecular weight excluding hydrogens is 226 g/mol. The maximum Gasteiger partial charge on any atom is 0.242 e. The van der Waals surface area contributed by atoms with E-state index < -0.39 is 5.38 Å². The van der Waals surface area contributed by atoms with E-state index in [2.05, 4.69) is 5.32 Å². The molecule has 16 heavy (non-hydrogen) atoms. The number of ether oxygens (including phenoxy) is 1. The average Bonchev–Trinajstić information content (AvgIpc) is 2.22. The Labute approximate surface area is 101 Å². The first-order valence-electron chi connectivity index (χ1n) is 5.06. The molecule has 3 nitrogen and oxygen atoms in total. The van der Waals surface area contributed by atoms with Crippen LogP contribution in [0.15, 0.2) is 12.1 Å².